The fourth-order valence-corrected chi connectivity index (χ4v) is 2.28. The molecule has 2 rings (SSSR count). The Labute approximate surface area is 116 Å². The number of carboxylic acid groups (broad SMARTS) is 1. The second kappa shape index (κ2) is 5.46. The lowest BCUT2D eigenvalue weighted by Crippen LogP contribution is -1.98. The van der Waals surface area contributed by atoms with Gasteiger partial charge in [-0.2, -0.15) is 0 Å². The predicted molar refractivity (Wildman–Crippen MR) is 72.3 cm³/mol. The van der Waals surface area contributed by atoms with Gasteiger partial charge < -0.3 is 5.11 Å². The Morgan fingerprint density at radius 2 is 1.88 bits per heavy atom. The molecular formula is C11H7IN2O2S. The van der Waals surface area contributed by atoms with Crippen LogP contribution in [0.1, 0.15) is 10.4 Å². The summed E-state index contributed by atoms with van der Waals surface area (Å²) in [6.45, 7) is 0. The van der Waals surface area contributed by atoms with E-state index >= 15 is 0 Å². The average Bonchev–Trinajstić information content (AvgIpc) is 2.32. The summed E-state index contributed by atoms with van der Waals surface area (Å²) in [4.78, 5) is 19.9. The molecule has 1 aromatic heterocycles. The topological polar surface area (TPSA) is 63.1 Å². The largest absolute Gasteiger partial charge is 0.478 e. The predicted octanol–water partition coefficient (Wildman–Crippen LogP) is 2.93. The van der Waals surface area contributed by atoms with E-state index in [1.165, 1.54) is 11.8 Å². The van der Waals surface area contributed by atoms with Crippen molar-refractivity contribution in [3.63, 3.8) is 0 Å². The highest BCUT2D eigenvalue weighted by atomic mass is 127. The zero-order valence-electron chi connectivity index (χ0n) is 8.50. The lowest BCUT2D eigenvalue weighted by molar-refractivity contribution is 0.0693. The summed E-state index contributed by atoms with van der Waals surface area (Å²) in [5, 5.41) is 9.57. The summed E-state index contributed by atoms with van der Waals surface area (Å²) in [6.07, 6.45) is 3.39. The highest BCUT2D eigenvalue weighted by Crippen LogP contribution is 2.27. The first-order chi connectivity index (χ1) is 8.16. The van der Waals surface area contributed by atoms with Crippen LogP contribution >= 0.6 is 34.4 Å². The van der Waals surface area contributed by atoms with E-state index in [9.17, 15) is 4.79 Å². The number of hydrogen-bond acceptors (Lipinski definition) is 4. The molecule has 86 valence electrons. The molecule has 0 spiro atoms. The third-order valence-electron chi connectivity index (χ3n) is 1.92. The van der Waals surface area contributed by atoms with Crippen molar-refractivity contribution in [3.8, 4) is 0 Å². The van der Waals surface area contributed by atoms with E-state index < -0.39 is 5.97 Å². The molecule has 2 aromatic rings. The van der Waals surface area contributed by atoms with E-state index in [4.69, 9.17) is 5.11 Å². The quantitative estimate of drug-likeness (QED) is 0.675. The first-order valence-electron chi connectivity index (χ1n) is 4.64. The number of benzene rings is 1. The zero-order chi connectivity index (χ0) is 12.3. The maximum Gasteiger partial charge on any atom is 0.336 e. The molecule has 0 aliphatic rings. The van der Waals surface area contributed by atoms with Gasteiger partial charge in [0.25, 0.3) is 0 Å². The Hall–Kier alpha value is -1.15. The van der Waals surface area contributed by atoms with Gasteiger partial charge in [-0.25, -0.2) is 14.8 Å². The Kier molecular flexibility index (Phi) is 3.95. The summed E-state index contributed by atoms with van der Waals surface area (Å²) in [5.74, 6) is -0.946. The van der Waals surface area contributed by atoms with Crippen molar-refractivity contribution in [2.24, 2.45) is 0 Å². The van der Waals surface area contributed by atoms with Crippen LogP contribution in [0.2, 0.25) is 0 Å². The van der Waals surface area contributed by atoms with Gasteiger partial charge in [-0.3, -0.25) is 0 Å². The number of aromatic carboxylic acids is 1. The zero-order valence-corrected chi connectivity index (χ0v) is 11.5. The molecule has 0 bridgehead atoms. The van der Waals surface area contributed by atoms with Crippen LogP contribution in [0.3, 0.4) is 0 Å². The van der Waals surface area contributed by atoms with Gasteiger partial charge in [0.15, 0.2) is 5.16 Å². The van der Waals surface area contributed by atoms with Gasteiger partial charge in [0, 0.05) is 20.9 Å². The van der Waals surface area contributed by atoms with Crippen molar-refractivity contribution in [1.29, 1.82) is 0 Å². The van der Waals surface area contributed by atoms with Crippen LogP contribution in [0.5, 0.6) is 0 Å². The van der Waals surface area contributed by atoms with Crippen LogP contribution < -0.4 is 0 Å². The number of halogens is 1. The summed E-state index contributed by atoms with van der Waals surface area (Å²) < 4.78 is 0.943. The molecule has 0 unspecified atom stereocenters. The lowest BCUT2D eigenvalue weighted by atomic mass is 10.2. The molecular weight excluding hydrogens is 351 g/mol. The number of aromatic nitrogens is 2. The van der Waals surface area contributed by atoms with Crippen LogP contribution in [0, 0.1) is 3.57 Å². The highest BCUT2D eigenvalue weighted by molar-refractivity contribution is 14.1. The standard InChI is InChI=1S/C11H7IN2O2S/c12-7-5-13-11(14-6-7)17-9-4-2-1-3-8(9)10(15)16/h1-6H,(H,15,16). The van der Waals surface area contributed by atoms with Crippen LogP contribution in [-0.4, -0.2) is 21.0 Å². The Morgan fingerprint density at radius 3 is 2.53 bits per heavy atom. The van der Waals surface area contributed by atoms with E-state index in [-0.39, 0.29) is 5.56 Å². The van der Waals surface area contributed by atoms with Gasteiger partial charge in [0.05, 0.1) is 5.56 Å². The first-order valence-corrected chi connectivity index (χ1v) is 6.54. The third kappa shape index (κ3) is 3.16. The molecule has 1 N–H and O–H groups in total. The molecule has 6 heteroatoms. The van der Waals surface area contributed by atoms with Crippen LogP contribution in [0.4, 0.5) is 0 Å². The third-order valence-corrected chi connectivity index (χ3v) is 3.44. The lowest BCUT2D eigenvalue weighted by Gasteiger charge is -2.03. The number of carbonyl (C=O) groups is 1. The van der Waals surface area contributed by atoms with Crippen LogP contribution in [-0.2, 0) is 0 Å². The number of nitrogens with zero attached hydrogens (tertiary/aromatic N) is 2. The fraction of sp³-hybridized carbons (Fsp3) is 0. The minimum atomic E-state index is -0.946. The summed E-state index contributed by atoms with van der Waals surface area (Å²) in [5.41, 5.74) is 0.264. The Morgan fingerprint density at radius 1 is 1.24 bits per heavy atom. The normalized spacial score (nSPS) is 10.2. The maximum atomic E-state index is 11.0. The van der Waals surface area contributed by atoms with Crippen molar-refractivity contribution >= 4 is 40.3 Å². The molecule has 0 atom stereocenters. The fourth-order valence-electron chi connectivity index (χ4n) is 1.18. The molecule has 0 aliphatic heterocycles. The van der Waals surface area contributed by atoms with Gasteiger partial charge in [-0.15, -0.1) is 0 Å². The molecule has 0 saturated heterocycles. The maximum absolute atomic E-state index is 11.0. The van der Waals surface area contributed by atoms with Crippen LogP contribution in [0.25, 0.3) is 0 Å². The second-order valence-electron chi connectivity index (χ2n) is 3.09. The molecule has 17 heavy (non-hydrogen) atoms. The smallest absolute Gasteiger partial charge is 0.336 e. The monoisotopic (exact) mass is 358 g/mol. The summed E-state index contributed by atoms with van der Waals surface area (Å²) >= 11 is 3.36. The van der Waals surface area contributed by atoms with Gasteiger partial charge in [0.1, 0.15) is 0 Å². The molecule has 1 aromatic carbocycles. The first kappa shape index (κ1) is 12.3. The van der Waals surface area contributed by atoms with Crippen molar-refractivity contribution in [1.82, 2.24) is 9.97 Å². The van der Waals surface area contributed by atoms with Crippen molar-refractivity contribution in [2.45, 2.75) is 10.1 Å². The van der Waals surface area contributed by atoms with Gasteiger partial charge in [-0.1, -0.05) is 12.1 Å². The minimum Gasteiger partial charge on any atom is -0.478 e. The molecule has 0 radical (unpaired) electrons. The summed E-state index contributed by atoms with van der Waals surface area (Å²) in [7, 11) is 0. The molecule has 0 aliphatic carbocycles. The van der Waals surface area contributed by atoms with E-state index in [1.807, 2.05) is 0 Å². The molecule has 4 nitrogen and oxygen atoms in total. The number of rotatable bonds is 3. The molecule has 0 amide bonds. The highest BCUT2D eigenvalue weighted by Gasteiger charge is 2.11. The SMILES string of the molecule is O=C(O)c1ccccc1Sc1ncc(I)cn1. The van der Waals surface area contributed by atoms with E-state index in [0.717, 1.165) is 3.57 Å². The van der Waals surface area contributed by atoms with Crippen LogP contribution in [0.15, 0.2) is 46.7 Å². The van der Waals surface area contributed by atoms with Crippen molar-refractivity contribution < 1.29 is 9.90 Å². The van der Waals surface area contributed by atoms with E-state index in [2.05, 4.69) is 32.6 Å². The Balaban J connectivity index is 2.30. The van der Waals surface area contributed by atoms with Crippen molar-refractivity contribution in [3.05, 3.63) is 45.8 Å². The molecule has 0 saturated carbocycles. The summed E-state index contributed by atoms with van der Waals surface area (Å²) in [6, 6.07) is 6.80. The second-order valence-corrected chi connectivity index (χ2v) is 5.34. The Bertz CT molecular complexity index is 545. The van der Waals surface area contributed by atoms with Gasteiger partial charge in [-0.05, 0) is 46.5 Å². The van der Waals surface area contributed by atoms with E-state index in [0.29, 0.717) is 10.1 Å². The average molecular weight is 358 g/mol. The minimum absolute atomic E-state index is 0.264. The molecule has 1 heterocycles. The van der Waals surface area contributed by atoms with Gasteiger partial charge >= 0.3 is 5.97 Å². The number of carboxylic acids is 1. The van der Waals surface area contributed by atoms with Gasteiger partial charge in [0.2, 0.25) is 0 Å². The number of hydrogen-bond donors (Lipinski definition) is 1. The van der Waals surface area contributed by atoms with E-state index in [1.54, 1.807) is 36.7 Å². The van der Waals surface area contributed by atoms with Crippen molar-refractivity contribution in [2.75, 3.05) is 0 Å². The molecule has 0 fully saturated rings.